The average Bonchev–Trinajstić information content (AvgIpc) is 3.02. The summed E-state index contributed by atoms with van der Waals surface area (Å²) in [6.45, 7) is 19.7. The van der Waals surface area contributed by atoms with E-state index >= 15 is 0 Å². The zero-order valence-corrected chi connectivity index (χ0v) is 30.5. The van der Waals surface area contributed by atoms with Crippen molar-refractivity contribution in [2.24, 2.45) is 57.2 Å². The number of hydrogen-bond acceptors (Lipinski definition) is 2. The minimum absolute atomic E-state index is 0.169. The Labute approximate surface area is 280 Å². The topological polar surface area (TPSA) is 58.2 Å². The van der Waals surface area contributed by atoms with Gasteiger partial charge in [-0.15, -0.1) is 0 Å². The molecule has 254 valence electrons. The number of carbonyl (C=O) groups is 2. The van der Waals surface area contributed by atoms with Gasteiger partial charge in [0.1, 0.15) is 0 Å². The van der Waals surface area contributed by atoms with E-state index in [1.807, 2.05) is 0 Å². The van der Waals surface area contributed by atoms with Crippen LogP contribution < -0.4 is 10.6 Å². The van der Waals surface area contributed by atoms with Crippen molar-refractivity contribution in [3.05, 3.63) is 46.6 Å². The molecule has 0 heterocycles. The van der Waals surface area contributed by atoms with E-state index in [1.54, 1.807) is 22.3 Å². The highest BCUT2D eigenvalue weighted by molar-refractivity contribution is 5.84. The van der Waals surface area contributed by atoms with Crippen molar-refractivity contribution < 1.29 is 9.59 Å². The summed E-state index contributed by atoms with van der Waals surface area (Å²) in [6.07, 6.45) is 23.3. The predicted molar refractivity (Wildman–Crippen MR) is 190 cm³/mol. The Morgan fingerprint density at radius 2 is 1.07 bits per heavy atom. The summed E-state index contributed by atoms with van der Waals surface area (Å²) < 4.78 is 0. The van der Waals surface area contributed by atoms with Crippen molar-refractivity contribution >= 4 is 11.8 Å². The highest BCUT2D eigenvalue weighted by atomic mass is 16.2. The van der Waals surface area contributed by atoms with Crippen molar-refractivity contribution in [1.29, 1.82) is 0 Å². The van der Waals surface area contributed by atoms with E-state index in [4.69, 9.17) is 0 Å². The van der Waals surface area contributed by atoms with E-state index in [0.717, 1.165) is 38.5 Å². The van der Waals surface area contributed by atoms with E-state index in [-0.39, 0.29) is 33.5 Å². The molecule has 4 heteroatoms. The summed E-state index contributed by atoms with van der Waals surface area (Å²) in [6, 6.07) is 0. The standard InChI is InChI=1S/C42H64N2O2/c1-27(2)29-11-15-33-31(25-29)13-17-35-39(33,5)19-9-21-41(35,7)37(45)43-23-24-44-38(46)42(8)22-10-20-40(6)34-16-12-30(28(3)4)26-32(34)14-18-36(40)42/h13-14,25-28,33-36H,9-12,15-24H2,1-8H3,(H,43,45)(H,44,46)/t33-,34-,35+,36+,39-,40-,41-,42-/m1/s1. The van der Waals surface area contributed by atoms with Crippen LogP contribution in [0.3, 0.4) is 0 Å². The normalized spacial score (nSPS) is 40.3. The molecular formula is C42H64N2O2. The molecule has 0 spiro atoms. The number of rotatable bonds is 7. The second-order valence-electron chi connectivity index (χ2n) is 18.0. The molecule has 2 fully saturated rings. The van der Waals surface area contributed by atoms with Crippen molar-refractivity contribution in [3.8, 4) is 0 Å². The summed E-state index contributed by atoms with van der Waals surface area (Å²) in [7, 11) is 0. The summed E-state index contributed by atoms with van der Waals surface area (Å²) in [5, 5.41) is 6.64. The third-order valence-electron chi connectivity index (χ3n) is 14.9. The highest BCUT2D eigenvalue weighted by Crippen LogP contribution is 2.63. The average molecular weight is 629 g/mol. The first-order valence-corrected chi connectivity index (χ1v) is 19.1. The Morgan fingerprint density at radius 1 is 0.674 bits per heavy atom. The minimum Gasteiger partial charge on any atom is -0.354 e. The maximum absolute atomic E-state index is 14.0. The summed E-state index contributed by atoms with van der Waals surface area (Å²) in [5.41, 5.74) is 5.86. The maximum atomic E-state index is 14.0. The molecule has 2 amide bonds. The van der Waals surface area contributed by atoms with Gasteiger partial charge in [0.2, 0.25) is 11.8 Å². The summed E-state index contributed by atoms with van der Waals surface area (Å²) >= 11 is 0. The van der Waals surface area contributed by atoms with Crippen LogP contribution in [0.5, 0.6) is 0 Å². The largest absolute Gasteiger partial charge is 0.354 e. The lowest BCUT2D eigenvalue weighted by molar-refractivity contribution is -0.145. The van der Waals surface area contributed by atoms with Gasteiger partial charge >= 0.3 is 0 Å². The first-order valence-electron chi connectivity index (χ1n) is 19.1. The number of allylic oxidation sites excluding steroid dienone is 8. The van der Waals surface area contributed by atoms with Gasteiger partial charge in [-0.25, -0.2) is 0 Å². The molecule has 2 N–H and O–H groups in total. The van der Waals surface area contributed by atoms with Crippen LogP contribution in [-0.4, -0.2) is 24.9 Å². The van der Waals surface area contributed by atoms with E-state index < -0.39 is 0 Å². The smallest absolute Gasteiger partial charge is 0.226 e. The molecular weight excluding hydrogens is 564 g/mol. The fourth-order valence-electron chi connectivity index (χ4n) is 12.0. The van der Waals surface area contributed by atoms with Gasteiger partial charge in [0.15, 0.2) is 0 Å². The molecule has 46 heavy (non-hydrogen) atoms. The highest BCUT2D eigenvalue weighted by Gasteiger charge is 2.58. The molecule has 4 nitrogen and oxygen atoms in total. The summed E-state index contributed by atoms with van der Waals surface area (Å²) in [4.78, 5) is 28.0. The van der Waals surface area contributed by atoms with Crippen LogP contribution in [-0.2, 0) is 9.59 Å². The molecule has 6 aliphatic carbocycles. The second-order valence-corrected chi connectivity index (χ2v) is 18.0. The summed E-state index contributed by atoms with van der Waals surface area (Å²) in [5.74, 6) is 3.46. The SMILES string of the molecule is CC(C)C1=CC2=CC[C@H]3[C@](C)(CCC[C@@]3(C)C(=O)NCCNC(=O)[C@]3(C)CCC[C@]4(C)[C@@H]5CCC(C(C)C)=CC5=CC[C@@H]43)[C@@H]2CC1. The Bertz CT molecular complexity index is 1250. The number of carbonyl (C=O) groups excluding carboxylic acids is 2. The van der Waals surface area contributed by atoms with Gasteiger partial charge in [-0.1, -0.05) is 104 Å². The van der Waals surface area contributed by atoms with Gasteiger partial charge in [-0.2, -0.15) is 0 Å². The van der Waals surface area contributed by atoms with E-state index in [9.17, 15) is 9.59 Å². The van der Waals surface area contributed by atoms with Crippen LogP contribution in [0.15, 0.2) is 46.6 Å². The lowest BCUT2D eigenvalue weighted by Gasteiger charge is -2.58. The Balaban J connectivity index is 1.08. The number of hydrogen-bond donors (Lipinski definition) is 2. The minimum atomic E-state index is -0.367. The van der Waals surface area contributed by atoms with Gasteiger partial charge in [-0.05, 0) is 122 Å². The monoisotopic (exact) mass is 628 g/mol. The van der Waals surface area contributed by atoms with Gasteiger partial charge in [0, 0.05) is 13.1 Å². The molecule has 0 unspecified atom stereocenters. The molecule has 0 aromatic heterocycles. The molecule has 0 aliphatic heterocycles. The van der Waals surface area contributed by atoms with Crippen LogP contribution in [0.25, 0.3) is 0 Å². The van der Waals surface area contributed by atoms with Gasteiger partial charge in [0.05, 0.1) is 10.8 Å². The molecule has 6 rings (SSSR count). The van der Waals surface area contributed by atoms with Gasteiger partial charge in [-0.3, -0.25) is 9.59 Å². The third-order valence-corrected chi connectivity index (χ3v) is 14.9. The van der Waals surface area contributed by atoms with Crippen LogP contribution >= 0.6 is 0 Å². The molecule has 2 saturated carbocycles. The van der Waals surface area contributed by atoms with E-state index in [0.29, 0.717) is 48.6 Å². The molecule has 0 aromatic rings. The van der Waals surface area contributed by atoms with E-state index in [1.165, 1.54) is 38.5 Å². The van der Waals surface area contributed by atoms with Gasteiger partial charge in [0.25, 0.3) is 0 Å². The third kappa shape index (κ3) is 5.50. The van der Waals surface area contributed by atoms with Crippen LogP contribution in [0.1, 0.15) is 132 Å². The van der Waals surface area contributed by atoms with Crippen LogP contribution in [0, 0.1) is 57.2 Å². The quantitative estimate of drug-likeness (QED) is 0.276. The zero-order chi connectivity index (χ0) is 33.1. The predicted octanol–water partition coefficient (Wildman–Crippen LogP) is 9.49. The molecule has 0 bridgehead atoms. The van der Waals surface area contributed by atoms with Crippen LogP contribution in [0.2, 0.25) is 0 Å². The number of nitrogens with one attached hydrogen (secondary N) is 2. The number of amides is 2. The van der Waals surface area contributed by atoms with Crippen LogP contribution in [0.4, 0.5) is 0 Å². The fourth-order valence-corrected chi connectivity index (χ4v) is 12.0. The lowest BCUT2D eigenvalue weighted by Crippen LogP contribution is -2.57. The van der Waals surface area contributed by atoms with Gasteiger partial charge < -0.3 is 10.6 Å². The Kier molecular flexibility index (Phi) is 9.12. The molecule has 6 aliphatic rings. The van der Waals surface area contributed by atoms with Crippen molar-refractivity contribution in [2.75, 3.05) is 13.1 Å². The second kappa shape index (κ2) is 12.4. The Morgan fingerprint density at radius 3 is 1.43 bits per heavy atom. The first-order chi connectivity index (χ1) is 21.7. The number of fused-ring (bicyclic) bond motifs is 6. The fraction of sp³-hybridized carbons (Fsp3) is 0.762. The maximum Gasteiger partial charge on any atom is 0.226 e. The molecule has 0 saturated heterocycles. The Hall–Kier alpha value is -2.10. The van der Waals surface area contributed by atoms with E-state index in [2.05, 4.69) is 90.3 Å². The lowest BCUT2D eigenvalue weighted by atomic mass is 9.46. The molecule has 8 atom stereocenters. The first kappa shape index (κ1) is 33.8. The zero-order valence-electron chi connectivity index (χ0n) is 30.5. The molecule has 0 aromatic carbocycles. The van der Waals surface area contributed by atoms with Crippen molar-refractivity contribution in [1.82, 2.24) is 10.6 Å². The van der Waals surface area contributed by atoms with Crippen molar-refractivity contribution in [3.63, 3.8) is 0 Å². The molecule has 0 radical (unpaired) electrons. The van der Waals surface area contributed by atoms with Crippen molar-refractivity contribution in [2.45, 2.75) is 132 Å².